The monoisotopic (exact) mass is 462 g/mol. The summed E-state index contributed by atoms with van der Waals surface area (Å²) >= 11 is 1.54. The third-order valence-electron chi connectivity index (χ3n) is 6.39. The molecule has 0 unspecified atom stereocenters. The van der Waals surface area contributed by atoms with Gasteiger partial charge in [0.1, 0.15) is 11.6 Å². The third-order valence-corrected chi connectivity index (χ3v) is 7.26. The van der Waals surface area contributed by atoms with Crippen molar-refractivity contribution in [2.75, 3.05) is 11.9 Å². The Morgan fingerprint density at radius 3 is 2.61 bits per heavy atom. The molecule has 33 heavy (non-hydrogen) atoms. The van der Waals surface area contributed by atoms with Crippen LogP contribution in [0.1, 0.15) is 61.3 Å². The van der Waals surface area contributed by atoms with Crippen molar-refractivity contribution in [1.82, 2.24) is 15.3 Å². The van der Waals surface area contributed by atoms with Crippen LogP contribution in [0.4, 0.5) is 5.82 Å². The molecule has 2 fully saturated rings. The van der Waals surface area contributed by atoms with Gasteiger partial charge in [0.05, 0.1) is 11.4 Å². The average molecular weight is 463 g/mol. The second kappa shape index (κ2) is 10.00. The molecule has 2 aliphatic carbocycles. The molecule has 0 atom stereocenters. The van der Waals surface area contributed by atoms with Crippen molar-refractivity contribution in [3.63, 3.8) is 0 Å². The van der Waals surface area contributed by atoms with Crippen molar-refractivity contribution in [3.8, 4) is 11.3 Å². The molecule has 2 saturated carbocycles. The van der Waals surface area contributed by atoms with E-state index >= 15 is 0 Å². The normalized spacial score (nSPS) is 16.5. The summed E-state index contributed by atoms with van der Waals surface area (Å²) in [5, 5.41) is 3.68. The lowest BCUT2D eigenvalue weighted by molar-refractivity contribution is 0.0922. The van der Waals surface area contributed by atoms with Crippen LogP contribution < -0.4 is 10.2 Å². The van der Waals surface area contributed by atoms with Gasteiger partial charge in [-0.05, 0) is 37.8 Å². The molecule has 0 saturated heterocycles. The number of hydrogen-bond acceptors (Lipinski definition) is 6. The Kier molecular flexibility index (Phi) is 6.67. The molecule has 7 heteroatoms. The van der Waals surface area contributed by atoms with Gasteiger partial charge in [-0.15, -0.1) is 0 Å². The molecule has 0 aliphatic heterocycles. The summed E-state index contributed by atoms with van der Waals surface area (Å²) in [7, 11) is 2.15. The van der Waals surface area contributed by atoms with Crippen molar-refractivity contribution in [2.45, 2.75) is 67.9 Å². The van der Waals surface area contributed by atoms with Gasteiger partial charge in [0.2, 0.25) is 0 Å². The Hall–Kier alpha value is -2.80. The number of aromatic nitrogens is 2. The quantitative estimate of drug-likeness (QED) is 0.342. The maximum atomic E-state index is 12.2. The van der Waals surface area contributed by atoms with Crippen molar-refractivity contribution >= 4 is 23.5 Å². The van der Waals surface area contributed by atoms with Crippen LogP contribution in [0.3, 0.4) is 0 Å². The van der Waals surface area contributed by atoms with E-state index in [1.807, 2.05) is 24.3 Å². The molecule has 1 amide bonds. The second-order valence-electron chi connectivity index (χ2n) is 8.97. The van der Waals surface area contributed by atoms with Crippen molar-refractivity contribution in [1.29, 1.82) is 0 Å². The predicted molar refractivity (Wildman–Crippen MR) is 132 cm³/mol. The molecule has 2 aliphatic rings. The van der Waals surface area contributed by atoms with Gasteiger partial charge in [-0.3, -0.25) is 4.79 Å². The molecular formula is C26H30N4O2S. The molecule has 2 heterocycles. The zero-order valence-electron chi connectivity index (χ0n) is 19.0. The lowest BCUT2D eigenvalue weighted by Crippen LogP contribution is -2.34. The highest BCUT2D eigenvalue weighted by Gasteiger charge is 2.25. The van der Waals surface area contributed by atoms with Gasteiger partial charge in [0.25, 0.3) is 5.91 Å². The fourth-order valence-corrected chi connectivity index (χ4v) is 5.02. The van der Waals surface area contributed by atoms with E-state index in [9.17, 15) is 4.79 Å². The number of anilines is 1. The van der Waals surface area contributed by atoms with Crippen LogP contribution in [-0.4, -0.2) is 35.0 Å². The van der Waals surface area contributed by atoms with E-state index < -0.39 is 0 Å². The number of nitrogens with one attached hydrogen (secondary N) is 1. The van der Waals surface area contributed by atoms with Crippen LogP contribution in [0, 0.1) is 0 Å². The summed E-state index contributed by atoms with van der Waals surface area (Å²) < 4.78 is 5.78. The van der Waals surface area contributed by atoms with Crippen LogP contribution >= 0.6 is 11.8 Å². The number of hydrogen-bond donors (Lipinski definition) is 1. The lowest BCUT2D eigenvalue weighted by atomic mass is 9.94. The van der Waals surface area contributed by atoms with E-state index in [0.717, 1.165) is 40.8 Å². The van der Waals surface area contributed by atoms with Crippen LogP contribution in [0.25, 0.3) is 11.3 Å². The minimum absolute atomic E-state index is 0.132. The van der Waals surface area contributed by atoms with Crippen LogP contribution in [0.5, 0.6) is 0 Å². The first-order chi connectivity index (χ1) is 16.2. The molecule has 1 N–H and O–H groups in total. The first-order valence-electron chi connectivity index (χ1n) is 11.9. The standard InChI is InChI=1S/C26H30N4O2S/c1-30(20-10-6-3-7-11-20)24-16-22(18-8-4-2-5-9-18)28-26(29-24)33-17-21-14-15-23(32-21)25(31)27-19-12-13-19/h2,4-5,8-9,14-16,19-20H,3,6-7,10-13,17H2,1H3,(H,27,31). The first-order valence-corrected chi connectivity index (χ1v) is 12.8. The first kappa shape index (κ1) is 22.0. The van der Waals surface area contributed by atoms with E-state index in [-0.39, 0.29) is 5.91 Å². The van der Waals surface area contributed by atoms with Crippen LogP contribution in [0.15, 0.2) is 58.1 Å². The van der Waals surface area contributed by atoms with Crippen LogP contribution in [0.2, 0.25) is 0 Å². The molecule has 1 aromatic carbocycles. The summed E-state index contributed by atoms with van der Waals surface area (Å²) in [6, 6.07) is 16.8. The minimum Gasteiger partial charge on any atom is -0.455 e. The number of benzene rings is 1. The van der Waals surface area contributed by atoms with Crippen molar-refractivity contribution < 1.29 is 9.21 Å². The number of furan rings is 1. The topological polar surface area (TPSA) is 71.3 Å². The fourth-order valence-electron chi connectivity index (χ4n) is 4.27. The SMILES string of the molecule is CN(c1cc(-c2ccccc2)nc(SCc2ccc(C(=O)NC3CC3)o2)n1)C1CCCCC1. The highest BCUT2D eigenvalue weighted by molar-refractivity contribution is 7.98. The summed E-state index contributed by atoms with van der Waals surface area (Å²) in [4.78, 5) is 24.3. The minimum atomic E-state index is -0.132. The molecule has 2 aromatic heterocycles. The molecule has 6 nitrogen and oxygen atoms in total. The number of thioether (sulfide) groups is 1. The molecule has 172 valence electrons. The number of carbonyl (C=O) groups is 1. The Bertz CT molecular complexity index is 1090. The smallest absolute Gasteiger partial charge is 0.287 e. The second-order valence-corrected chi connectivity index (χ2v) is 9.91. The average Bonchev–Trinajstić information content (AvgIpc) is 3.55. The Morgan fingerprint density at radius 1 is 1.06 bits per heavy atom. The molecule has 0 bridgehead atoms. The van der Waals surface area contributed by atoms with E-state index in [4.69, 9.17) is 14.4 Å². The number of amides is 1. The highest BCUT2D eigenvalue weighted by Crippen LogP contribution is 2.31. The molecule has 5 rings (SSSR count). The van der Waals surface area contributed by atoms with Gasteiger partial charge >= 0.3 is 0 Å². The van der Waals surface area contributed by atoms with E-state index in [0.29, 0.717) is 23.6 Å². The molecule has 0 radical (unpaired) electrons. The Labute approximate surface area is 199 Å². The summed E-state index contributed by atoms with van der Waals surface area (Å²) in [6.07, 6.45) is 8.42. The maximum absolute atomic E-state index is 12.2. The lowest BCUT2D eigenvalue weighted by Gasteiger charge is -2.32. The summed E-state index contributed by atoms with van der Waals surface area (Å²) in [6.45, 7) is 0. The highest BCUT2D eigenvalue weighted by atomic mass is 32.2. The largest absolute Gasteiger partial charge is 0.455 e. The van der Waals surface area contributed by atoms with Crippen molar-refractivity contribution in [2.24, 2.45) is 0 Å². The Morgan fingerprint density at radius 2 is 1.85 bits per heavy atom. The van der Waals surface area contributed by atoms with E-state index in [1.54, 1.807) is 6.07 Å². The van der Waals surface area contributed by atoms with Gasteiger partial charge in [0, 0.05) is 30.8 Å². The van der Waals surface area contributed by atoms with E-state index in [2.05, 4.69) is 35.5 Å². The summed E-state index contributed by atoms with van der Waals surface area (Å²) in [5.74, 6) is 2.52. The fraction of sp³-hybridized carbons (Fsp3) is 0.423. The van der Waals surface area contributed by atoms with Gasteiger partial charge in [-0.1, -0.05) is 61.4 Å². The Balaban J connectivity index is 1.34. The van der Waals surface area contributed by atoms with E-state index in [1.165, 1.54) is 43.9 Å². The molecule has 0 spiro atoms. The number of carbonyl (C=O) groups excluding carboxylic acids is 1. The zero-order chi connectivity index (χ0) is 22.6. The molecular weight excluding hydrogens is 432 g/mol. The van der Waals surface area contributed by atoms with Crippen LogP contribution in [-0.2, 0) is 5.75 Å². The van der Waals surface area contributed by atoms with Gasteiger partial charge in [-0.2, -0.15) is 0 Å². The number of rotatable bonds is 8. The predicted octanol–water partition coefficient (Wildman–Crippen LogP) is 5.69. The molecule has 3 aromatic rings. The number of nitrogens with zero attached hydrogens (tertiary/aromatic N) is 3. The van der Waals surface area contributed by atoms with Gasteiger partial charge in [-0.25, -0.2) is 9.97 Å². The van der Waals surface area contributed by atoms with Gasteiger partial charge in [0.15, 0.2) is 10.9 Å². The van der Waals surface area contributed by atoms with Crippen molar-refractivity contribution in [3.05, 3.63) is 60.1 Å². The zero-order valence-corrected chi connectivity index (χ0v) is 19.8. The third kappa shape index (κ3) is 5.58. The maximum Gasteiger partial charge on any atom is 0.287 e. The van der Waals surface area contributed by atoms with Gasteiger partial charge < -0.3 is 14.6 Å². The summed E-state index contributed by atoms with van der Waals surface area (Å²) in [5.41, 5.74) is 2.01.